The van der Waals surface area contributed by atoms with Gasteiger partial charge in [-0.3, -0.25) is 0 Å². The van der Waals surface area contributed by atoms with Crippen molar-refractivity contribution < 1.29 is 0 Å². The summed E-state index contributed by atoms with van der Waals surface area (Å²) in [6.07, 6.45) is 8.37. The monoisotopic (exact) mass is 252 g/mol. The lowest BCUT2D eigenvalue weighted by atomic mass is 9.25. The summed E-state index contributed by atoms with van der Waals surface area (Å²) in [5, 5.41) is -0.471. The molecule has 2 heteroatoms. The second kappa shape index (κ2) is 3.47. The molecular weight excluding hydrogens is 226 g/mol. The van der Waals surface area contributed by atoms with Crippen LogP contribution in [0.4, 0.5) is 0 Å². The van der Waals surface area contributed by atoms with Gasteiger partial charge in [-0.05, 0) is 72.5 Å². The summed E-state index contributed by atoms with van der Waals surface area (Å²) in [5.74, 6) is 4.42. The molecule has 4 aliphatic carbocycles. The largest absolute Gasteiger partial charge is 0.0908 e. The number of hydrogen-bond donors (Lipinski definition) is 0. The van der Waals surface area contributed by atoms with E-state index in [1.54, 1.807) is 0 Å². The molecule has 4 atom stereocenters. The summed E-state index contributed by atoms with van der Waals surface area (Å²) in [6.45, 7) is 6.79. The predicted octanol–water partition coefficient (Wildman–Crippen LogP) is 3.95. The number of rotatable bonds is 3. The van der Waals surface area contributed by atoms with Gasteiger partial charge >= 0.3 is 0 Å². The molecule has 100 valence electrons. The molecule has 0 aromatic heterocycles. The third kappa shape index (κ3) is 1.15. The molecule has 4 rings (SSSR count). The van der Waals surface area contributed by atoms with E-state index in [0.717, 1.165) is 35.5 Å². The van der Waals surface area contributed by atoms with Gasteiger partial charge in [-0.2, -0.15) is 0 Å². The van der Waals surface area contributed by atoms with E-state index >= 15 is 0 Å². The molecule has 4 fully saturated rings. The van der Waals surface area contributed by atoms with Gasteiger partial charge in [0.1, 0.15) is 0 Å². The normalized spacial score (nSPS) is 51.2. The first kappa shape index (κ1) is 12.8. The third-order valence-electron chi connectivity index (χ3n) is 8.39. The van der Waals surface area contributed by atoms with E-state index in [0.29, 0.717) is 5.92 Å². The molecule has 0 bridgehead atoms. The van der Waals surface area contributed by atoms with Gasteiger partial charge in [0.15, 0.2) is 0 Å². The van der Waals surface area contributed by atoms with Crippen molar-refractivity contribution in [1.29, 1.82) is 0 Å². The van der Waals surface area contributed by atoms with Gasteiger partial charge in [0.05, 0.1) is 15.7 Å². The summed E-state index contributed by atoms with van der Waals surface area (Å²) < 4.78 is 0. The summed E-state index contributed by atoms with van der Waals surface area (Å²) >= 11 is 0. The molecule has 1 spiro atoms. The van der Waals surface area contributed by atoms with E-state index in [2.05, 4.69) is 20.8 Å². The van der Waals surface area contributed by atoms with Crippen LogP contribution in [0.25, 0.3) is 0 Å². The zero-order valence-corrected chi connectivity index (χ0v) is 12.8. The van der Waals surface area contributed by atoms with Crippen LogP contribution in [-0.4, -0.2) is 15.7 Å². The van der Waals surface area contributed by atoms with E-state index < -0.39 is 5.21 Å². The quantitative estimate of drug-likeness (QED) is 0.667. The van der Waals surface area contributed by atoms with Gasteiger partial charge in [-0.25, -0.2) is 0 Å². The molecule has 4 unspecified atom stereocenters. The van der Waals surface area contributed by atoms with Gasteiger partial charge in [0, 0.05) is 0 Å². The lowest BCUT2D eigenvalue weighted by molar-refractivity contribution is -0.204. The topological polar surface area (TPSA) is 0 Å². The summed E-state index contributed by atoms with van der Waals surface area (Å²) in [6, 6.07) is 0. The lowest BCUT2D eigenvalue weighted by Gasteiger charge is -2.72. The van der Waals surface area contributed by atoms with Crippen molar-refractivity contribution in [3.05, 3.63) is 0 Å². The molecule has 4 saturated carbocycles. The van der Waals surface area contributed by atoms with Crippen LogP contribution in [-0.2, 0) is 0 Å². The first-order chi connectivity index (χ1) is 8.87. The molecule has 0 aromatic carbocycles. The standard InChI is InChI=1S/C17H26B2/c1-4-15(2,3)17(18,19)14-12-7-5-10-9-11-6-8-13(14)16(10,11)12/h10-14H,4-9H2,1-3H3. The maximum absolute atomic E-state index is 6.76. The highest BCUT2D eigenvalue weighted by Gasteiger charge is 2.78. The fourth-order valence-electron chi connectivity index (χ4n) is 6.97. The molecular formula is C17H26B2. The lowest BCUT2D eigenvalue weighted by Crippen LogP contribution is -2.66. The Balaban J connectivity index is 1.68. The highest BCUT2D eigenvalue weighted by atomic mass is 14.8. The van der Waals surface area contributed by atoms with E-state index in [1.807, 2.05) is 0 Å². The smallest absolute Gasteiger partial charge is 0.0631 e. The molecule has 0 saturated heterocycles. The molecule has 0 amide bonds. The fraction of sp³-hybridized carbons (Fsp3) is 1.00. The van der Waals surface area contributed by atoms with Crippen molar-refractivity contribution in [1.82, 2.24) is 0 Å². The second-order valence-electron chi connectivity index (χ2n) is 8.69. The molecule has 4 aliphatic rings. The summed E-state index contributed by atoms with van der Waals surface area (Å²) in [4.78, 5) is 0. The van der Waals surface area contributed by atoms with Crippen LogP contribution < -0.4 is 0 Å². The van der Waals surface area contributed by atoms with Crippen LogP contribution in [0.5, 0.6) is 0 Å². The van der Waals surface area contributed by atoms with E-state index in [-0.39, 0.29) is 5.41 Å². The van der Waals surface area contributed by atoms with Crippen molar-refractivity contribution in [2.75, 3.05) is 0 Å². The SMILES string of the molecule is [B]C([B])(C1C2CCC3CC4CCC1C342)C(C)(C)CC. The van der Waals surface area contributed by atoms with Crippen molar-refractivity contribution in [2.24, 2.45) is 40.4 Å². The van der Waals surface area contributed by atoms with Crippen LogP contribution >= 0.6 is 0 Å². The Bertz CT molecular complexity index is 387. The van der Waals surface area contributed by atoms with E-state index in [4.69, 9.17) is 15.7 Å². The Morgan fingerprint density at radius 2 is 1.53 bits per heavy atom. The Kier molecular flexibility index (Phi) is 2.35. The van der Waals surface area contributed by atoms with Crippen molar-refractivity contribution in [3.8, 4) is 0 Å². The average Bonchev–Trinajstić information content (AvgIpc) is 2.70. The van der Waals surface area contributed by atoms with Crippen LogP contribution in [0.2, 0.25) is 5.21 Å². The zero-order valence-electron chi connectivity index (χ0n) is 12.8. The van der Waals surface area contributed by atoms with Crippen LogP contribution in [0, 0.1) is 40.4 Å². The van der Waals surface area contributed by atoms with Gasteiger partial charge in [-0.15, -0.1) is 0 Å². The fourth-order valence-corrected chi connectivity index (χ4v) is 6.97. The maximum Gasteiger partial charge on any atom is 0.0631 e. The molecule has 0 N–H and O–H groups in total. The molecule has 0 aliphatic heterocycles. The van der Waals surface area contributed by atoms with Gasteiger partial charge in [0.2, 0.25) is 0 Å². The predicted molar refractivity (Wildman–Crippen MR) is 81.2 cm³/mol. The highest BCUT2D eigenvalue weighted by Crippen LogP contribution is 2.85. The van der Waals surface area contributed by atoms with E-state index in [1.165, 1.54) is 32.1 Å². The molecule has 0 heterocycles. The second-order valence-corrected chi connectivity index (χ2v) is 8.69. The molecule has 4 radical (unpaired) electrons. The van der Waals surface area contributed by atoms with Gasteiger partial charge in [-0.1, -0.05) is 32.4 Å². The van der Waals surface area contributed by atoms with Crippen LogP contribution in [0.1, 0.15) is 59.3 Å². The zero-order chi connectivity index (χ0) is 13.6. The Hall–Kier alpha value is 0.130. The molecule has 0 aromatic rings. The van der Waals surface area contributed by atoms with Crippen LogP contribution in [0.3, 0.4) is 0 Å². The minimum absolute atomic E-state index is 0.0548. The maximum atomic E-state index is 6.76. The Morgan fingerprint density at radius 3 is 2.00 bits per heavy atom. The molecule has 19 heavy (non-hydrogen) atoms. The van der Waals surface area contributed by atoms with Crippen molar-refractivity contribution in [2.45, 2.75) is 64.5 Å². The Labute approximate surface area is 121 Å². The number of hydrogen-bond acceptors (Lipinski definition) is 0. The summed E-state index contributed by atoms with van der Waals surface area (Å²) in [5.41, 5.74) is 0.789. The van der Waals surface area contributed by atoms with Crippen molar-refractivity contribution >= 4 is 15.7 Å². The van der Waals surface area contributed by atoms with Crippen molar-refractivity contribution in [3.63, 3.8) is 0 Å². The minimum Gasteiger partial charge on any atom is -0.0908 e. The van der Waals surface area contributed by atoms with E-state index in [9.17, 15) is 0 Å². The highest BCUT2D eigenvalue weighted by molar-refractivity contribution is 6.40. The van der Waals surface area contributed by atoms with Crippen LogP contribution in [0.15, 0.2) is 0 Å². The first-order valence-electron chi connectivity index (χ1n) is 8.45. The first-order valence-corrected chi connectivity index (χ1v) is 8.45. The average molecular weight is 252 g/mol. The summed E-state index contributed by atoms with van der Waals surface area (Å²) in [7, 11) is 13.5. The third-order valence-corrected chi connectivity index (χ3v) is 8.39. The van der Waals surface area contributed by atoms with Gasteiger partial charge in [0.25, 0.3) is 0 Å². The Morgan fingerprint density at radius 1 is 1.00 bits per heavy atom. The van der Waals surface area contributed by atoms with Gasteiger partial charge < -0.3 is 0 Å². The molecule has 0 nitrogen and oxygen atoms in total. The minimum atomic E-state index is -0.471.